The molecule has 4 aromatic rings. The van der Waals surface area contributed by atoms with Gasteiger partial charge in [-0.15, -0.1) is 0 Å². The number of amides is 1. The lowest BCUT2D eigenvalue weighted by molar-refractivity contribution is -0.378. The van der Waals surface area contributed by atoms with Crippen molar-refractivity contribution in [2.45, 2.75) is 81.1 Å². The molecule has 9 atom stereocenters. The number of aliphatic hydroxyl groups excluding tert-OH is 4. The number of nitrogens with zero attached hydrogens (tertiary/aromatic N) is 2. The molecule has 1 aliphatic carbocycles. The van der Waals surface area contributed by atoms with Gasteiger partial charge in [0.1, 0.15) is 65.2 Å². The zero-order chi connectivity index (χ0) is 45.1. The van der Waals surface area contributed by atoms with E-state index in [0.29, 0.717) is 89.0 Å². The SMILES string of the molecule is CNCC1CCC(C2CNC(=O)C2)CC12Oc1c(cc3c(=O)cc(C)oc3c1N1C=C3N=CC=C3C1)CC2OOCC(O)(Cc1ccc(O)c2ccc(O)cc12)C(O)C(O)C(O)CO. The second-order valence-corrected chi connectivity index (χ2v) is 18.0. The summed E-state index contributed by atoms with van der Waals surface area (Å²) in [4.78, 5) is 45.3. The number of aryl methyl sites for hydroxylation is 1. The topological polar surface area (TPSA) is 256 Å². The highest BCUT2D eigenvalue weighted by Crippen LogP contribution is 2.54. The lowest BCUT2D eigenvalue weighted by Crippen LogP contribution is -2.63. The van der Waals surface area contributed by atoms with E-state index in [4.69, 9.17) is 18.9 Å². The largest absolute Gasteiger partial charge is 0.508 e. The molecule has 17 heteroatoms. The number of ether oxygens (including phenoxy) is 1. The van der Waals surface area contributed by atoms with E-state index >= 15 is 0 Å². The van der Waals surface area contributed by atoms with Gasteiger partial charge in [0.05, 0.1) is 24.2 Å². The number of hydrogen-bond acceptors (Lipinski definition) is 16. The first kappa shape index (κ1) is 43.9. The van der Waals surface area contributed by atoms with Crippen molar-refractivity contribution in [1.29, 1.82) is 0 Å². The van der Waals surface area contributed by atoms with Gasteiger partial charge in [0.2, 0.25) is 5.91 Å². The Labute approximate surface area is 367 Å². The van der Waals surface area contributed by atoms with E-state index in [-0.39, 0.29) is 47.0 Å². The Morgan fingerprint density at radius 1 is 1.05 bits per heavy atom. The first-order valence-corrected chi connectivity index (χ1v) is 21.7. The van der Waals surface area contributed by atoms with Gasteiger partial charge in [-0.1, -0.05) is 6.07 Å². The molecule has 3 aromatic carbocycles. The maximum atomic E-state index is 13.7. The van der Waals surface area contributed by atoms with Gasteiger partial charge < -0.3 is 60.4 Å². The van der Waals surface area contributed by atoms with Crippen LogP contribution in [0.15, 0.2) is 80.2 Å². The van der Waals surface area contributed by atoms with Crippen LogP contribution in [0.1, 0.15) is 42.6 Å². The van der Waals surface area contributed by atoms with Crippen molar-refractivity contribution in [2.75, 3.05) is 44.8 Å². The number of phenols is 2. The summed E-state index contributed by atoms with van der Waals surface area (Å²) in [5.41, 5.74) is -0.145. The second-order valence-electron chi connectivity index (χ2n) is 18.0. The van der Waals surface area contributed by atoms with Gasteiger partial charge in [0, 0.05) is 73.3 Å². The summed E-state index contributed by atoms with van der Waals surface area (Å²) in [6.07, 6.45) is 0.691. The summed E-state index contributed by atoms with van der Waals surface area (Å²) in [6.45, 7) is 1.48. The zero-order valence-corrected chi connectivity index (χ0v) is 35.6. The molecular weight excluding hydrogens is 829 g/mol. The van der Waals surface area contributed by atoms with Gasteiger partial charge in [-0.3, -0.25) is 14.6 Å². The molecule has 4 aliphatic heterocycles. The van der Waals surface area contributed by atoms with E-state index in [1.807, 2.05) is 24.2 Å². The number of carbonyl (C=O) groups is 1. The number of nitrogens with one attached hydrogen (secondary N) is 2. The minimum Gasteiger partial charge on any atom is -0.508 e. The highest BCUT2D eigenvalue weighted by molar-refractivity contribution is 5.96. The quantitative estimate of drug-likeness (QED) is 0.0650. The van der Waals surface area contributed by atoms with Gasteiger partial charge in [0.15, 0.2) is 16.8 Å². The second kappa shape index (κ2) is 17.2. The fourth-order valence-electron chi connectivity index (χ4n) is 10.5. The predicted molar refractivity (Wildman–Crippen MR) is 234 cm³/mol. The fourth-order valence-corrected chi connectivity index (χ4v) is 10.5. The Bertz CT molecular complexity index is 2630. The van der Waals surface area contributed by atoms with Crippen molar-refractivity contribution in [2.24, 2.45) is 22.7 Å². The Balaban J connectivity index is 1.13. The molecule has 0 radical (unpaired) electrons. The molecule has 1 amide bonds. The smallest absolute Gasteiger partial charge is 0.220 e. The fraction of sp³-hybridized carbons (Fsp3) is 0.468. The first-order chi connectivity index (χ1) is 30.7. The molecule has 5 aliphatic rings. The number of aromatic hydroxyl groups is 2. The van der Waals surface area contributed by atoms with Crippen molar-refractivity contribution in [3.63, 3.8) is 0 Å². The third-order valence-electron chi connectivity index (χ3n) is 13.9. The molecule has 1 saturated heterocycles. The van der Waals surface area contributed by atoms with Gasteiger partial charge >= 0.3 is 0 Å². The molecule has 9 unspecified atom stereocenters. The number of aliphatic imine (C=N–C) groups is 1. The van der Waals surface area contributed by atoms with Crippen LogP contribution in [0.4, 0.5) is 5.69 Å². The number of carbonyl (C=O) groups excluding carboxylic acids is 1. The van der Waals surface area contributed by atoms with Gasteiger partial charge in [-0.25, -0.2) is 9.78 Å². The summed E-state index contributed by atoms with van der Waals surface area (Å²) in [6, 6.07) is 10.3. The first-order valence-electron chi connectivity index (χ1n) is 21.7. The number of fused-ring (bicyclic) bond motifs is 4. The third kappa shape index (κ3) is 7.83. The number of phenolic OH excluding ortho intramolecular Hbond substituents is 2. The molecular formula is C47H54N4O13. The average molecular weight is 883 g/mol. The highest BCUT2D eigenvalue weighted by atomic mass is 17.2. The number of allylic oxidation sites excluding steroid dienone is 1. The van der Waals surface area contributed by atoms with Gasteiger partial charge in [0.25, 0.3) is 0 Å². The van der Waals surface area contributed by atoms with E-state index < -0.39 is 55.3 Å². The van der Waals surface area contributed by atoms with Crippen LogP contribution in [0, 0.1) is 24.7 Å². The lowest BCUT2D eigenvalue weighted by Gasteiger charge is -2.53. The molecule has 1 saturated carbocycles. The Kier molecular flexibility index (Phi) is 11.8. The van der Waals surface area contributed by atoms with Crippen LogP contribution >= 0.6 is 0 Å². The Hall–Kier alpha value is -5.37. The summed E-state index contributed by atoms with van der Waals surface area (Å²) in [5, 5.41) is 83.4. The summed E-state index contributed by atoms with van der Waals surface area (Å²) < 4.78 is 13.9. The molecule has 9 rings (SSSR count). The van der Waals surface area contributed by atoms with Crippen LogP contribution in [-0.2, 0) is 27.4 Å². The third-order valence-corrected chi connectivity index (χ3v) is 13.9. The Morgan fingerprint density at radius 2 is 1.88 bits per heavy atom. The number of benzene rings is 3. The normalized spacial score (nSPS) is 26.3. The van der Waals surface area contributed by atoms with Crippen molar-refractivity contribution < 1.29 is 59.5 Å². The monoisotopic (exact) mass is 882 g/mol. The molecule has 17 nitrogen and oxygen atoms in total. The predicted octanol–water partition coefficient (Wildman–Crippen LogP) is 2.15. The van der Waals surface area contributed by atoms with Crippen LogP contribution in [0.3, 0.4) is 0 Å². The van der Waals surface area contributed by atoms with E-state index in [1.165, 1.54) is 36.4 Å². The molecule has 1 aromatic heterocycles. The highest BCUT2D eigenvalue weighted by Gasteiger charge is 2.57. The molecule has 64 heavy (non-hydrogen) atoms. The van der Waals surface area contributed by atoms with Crippen LogP contribution < -0.4 is 25.7 Å². The van der Waals surface area contributed by atoms with E-state index in [0.717, 1.165) is 17.7 Å². The summed E-state index contributed by atoms with van der Waals surface area (Å²) >= 11 is 0. The maximum Gasteiger partial charge on any atom is 0.220 e. The zero-order valence-electron chi connectivity index (χ0n) is 35.6. The number of hydrogen-bond donors (Lipinski definition) is 9. The van der Waals surface area contributed by atoms with Crippen molar-refractivity contribution >= 4 is 39.6 Å². The number of aliphatic hydroxyl groups is 5. The molecule has 0 bridgehead atoms. The van der Waals surface area contributed by atoms with Crippen molar-refractivity contribution in [3.05, 3.63) is 93.1 Å². The molecule has 340 valence electrons. The van der Waals surface area contributed by atoms with Crippen molar-refractivity contribution in [3.8, 4) is 17.2 Å². The molecule has 5 heterocycles. The van der Waals surface area contributed by atoms with Crippen molar-refractivity contribution in [1.82, 2.24) is 10.6 Å². The number of rotatable bonds is 14. The van der Waals surface area contributed by atoms with E-state index in [1.54, 1.807) is 19.2 Å². The van der Waals surface area contributed by atoms with Crippen LogP contribution in [0.5, 0.6) is 17.2 Å². The van der Waals surface area contributed by atoms with Gasteiger partial charge in [-0.05, 0) is 92.4 Å². The minimum atomic E-state index is -2.42. The van der Waals surface area contributed by atoms with Crippen LogP contribution in [0.2, 0.25) is 0 Å². The molecule has 2 fully saturated rings. The standard InChI is InChI=1S/C47H54N4O13/c1-24-11-37(55)34-12-28-13-39(64-61-23-46(60,45(59)42(58)38(56)22-52)16-26-4-8-36(54)32-7-6-31(53)15-33(26)32)47(17-25(3-5-30(47)19-48-2)29-14-40(57)50-18-29)63-43(28)41(44(34)62-24)51-20-27-9-10-49-35(27)21-51/h4,6-12,15,21,25,29-30,38-39,42,45,48,52-54,56,58-60H,3,5,13-14,16-20,22-23H2,1-2H3,(H,50,57). The summed E-state index contributed by atoms with van der Waals surface area (Å²) in [5.74, 6) is 0.531. The molecule has 1 spiro atoms. The summed E-state index contributed by atoms with van der Waals surface area (Å²) in [7, 11) is 1.85. The average Bonchev–Trinajstić information content (AvgIpc) is 4.02. The Morgan fingerprint density at radius 3 is 2.62 bits per heavy atom. The van der Waals surface area contributed by atoms with E-state index in [2.05, 4.69) is 15.6 Å². The van der Waals surface area contributed by atoms with E-state index in [9.17, 15) is 45.3 Å². The maximum absolute atomic E-state index is 13.7. The molecule has 9 N–H and O–H groups in total. The van der Waals surface area contributed by atoms with Crippen LogP contribution in [0.25, 0.3) is 21.7 Å². The number of anilines is 1. The van der Waals surface area contributed by atoms with Gasteiger partial charge in [-0.2, -0.15) is 0 Å². The minimum absolute atomic E-state index is 0.0182. The van der Waals surface area contributed by atoms with Crippen LogP contribution in [-0.4, -0.2) is 123 Å². The lowest BCUT2D eigenvalue weighted by atomic mass is 9.63.